The summed E-state index contributed by atoms with van der Waals surface area (Å²) >= 11 is -0.588. The summed E-state index contributed by atoms with van der Waals surface area (Å²) in [4.78, 5) is 0. The molecule has 0 aromatic carbocycles. The van der Waals surface area contributed by atoms with Crippen LogP contribution in [0.1, 0.15) is 14.9 Å². The molecule has 46 valence electrons. The lowest BCUT2D eigenvalue weighted by atomic mass is 11.9. The maximum absolute atomic E-state index is 5.03. The summed E-state index contributed by atoms with van der Waals surface area (Å²) in [5, 5.41) is 0. The molecule has 3 heteroatoms. The van der Waals surface area contributed by atoms with E-state index in [2.05, 4.69) is 11.6 Å². The predicted octanol–water partition coefficient (Wildman–Crippen LogP) is 0.807. The van der Waals surface area contributed by atoms with E-state index < -0.39 is 14.5 Å². The third kappa shape index (κ3) is 20.3. The molecule has 0 amide bonds. The lowest BCUT2D eigenvalue weighted by molar-refractivity contribution is 0.647. The molecule has 0 aliphatic carbocycles. The molecule has 1 nitrogen and oxygen atoms in total. The van der Waals surface area contributed by atoms with Gasteiger partial charge in [-0.05, 0) is 0 Å². The molecule has 0 aromatic heterocycles. The van der Waals surface area contributed by atoms with Crippen LogP contribution in [0.25, 0.3) is 0 Å². The van der Waals surface area contributed by atoms with Gasteiger partial charge in [0.05, 0.1) is 0 Å². The zero-order valence-electron chi connectivity index (χ0n) is 3.99. The molecule has 7 heavy (non-hydrogen) atoms. The van der Waals surface area contributed by atoms with Gasteiger partial charge in [0.2, 0.25) is 0 Å². The summed E-state index contributed by atoms with van der Waals surface area (Å²) in [6, 6.07) is 0. The molecule has 0 aromatic rings. The van der Waals surface area contributed by atoms with Crippen molar-refractivity contribution in [2.45, 2.75) is 26.4 Å². The summed E-state index contributed by atoms with van der Waals surface area (Å²) in [5.41, 5.74) is 0. The van der Waals surface area contributed by atoms with Crippen LogP contribution in [0.2, 0.25) is 11.6 Å². The van der Waals surface area contributed by atoms with Gasteiger partial charge in [-0.3, -0.25) is 0 Å². The van der Waals surface area contributed by atoms with E-state index in [0.29, 0.717) is 0 Å². The molecule has 0 saturated carbocycles. The van der Waals surface area contributed by atoms with E-state index in [4.69, 9.17) is 3.48 Å². The number of hydrogen-bond donors (Lipinski definition) is 0. The third-order valence-corrected chi connectivity index (χ3v) is 4.24. The van der Waals surface area contributed by atoms with E-state index in [1.165, 1.54) is 0 Å². The first kappa shape index (κ1) is 15.6. The fraction of sp³-hybridized carbons (Fsp3) is 1.00. The molecule has 0 fully saturated rings. The molecule has 0 aliphatic rings. The van der Waals surface area contributed by atoms with Gasteiger partial charge in [0.1, 0.15) is 10.5 Å². The Balaban J connectivity index is -0.0000000800. The van der Waals surface area contributed by atoms with Gasteiger partial charge in [0.25, 0.3) is 0 Å². The topological polar surface area (TPSA) is 9.23 Å². The second-order valence-electron chi connectivity index (χ2n) is 1.28. The van der Waals surface area contributed by atoms with Crippen LogP contribution in [0, 0.1) is 0 Å². The SMILES string of the molecule is C.C.[CH3][Al]([CH3])[O][SiH3]. The zero-order valence-corrected chi connectivity index (χ0v) is 7.14. The van der Waals surface area contributed by atoms with Gasteiger partial charge >= 0.3 is 14.5 Å². The Bertz CT molecular complexity index is 25.7. The van der Waals surface area contributed by atoms with Crippen molar-refractivity contribution >= 4 is 25.0 Å². The summed E-state index contributed by atoms with van der Waals surface area (Å²) < 4.78 is 5.03. The Labute approximate surface area is 55.3 Å². The fourth-order valence-electron chi connectivity index (χ4n) is 0. The normalized spacial score (nSPS) is 6.00. The third-order valence-electron chi connectivity index (χ3n) is 0.471. The smallest absolute Gasteiger partial charge is 0.442 e. The van der Waals surface area contributed by atoms with E-state index in [1.807, 2.05) is 0 Å². The molecule has 0 aliphatic heterocycles. The molecule has 0 unspecified atom stereocenters. The highest BCUT2D eigenvalue weighted by atomic mass is 28.2. The van der Waals surface area contributed by atoms with E-state index in [9.17, 15) is 0 Å². The van der Waals surface area contributed by atoms with Gasteiger partial charge in [-0.1, -0.05) is 26.4 Å². The molecule has 0 radical (unpaired) electrons. The van der Waals surface area contributed by atoms with E-state index in [0.717, 1.165) is 10.5 Å². The van der Waals surface area contributed by atoms with Crippen LogP contribution in [-0.4, -0.2) is 25.0 Å². The average Bonchev–Trinajstić information content (AvgIpc) is 1.38. The van der Waals surface area contributed by atoms with Crippen LogP contribution >= 0.6 is 0 Å². The van der Waals surface area contributed by atoms with Crippen molar-refractivity contribution in [2.24, 2.45) is 0 Å². The van der Waals surface area contributed by atoms with Crippen molar-refractivity contribution in [3.8, 4) is 0 Å². The minimum absolute atomic E-state index is 0. The first-order chi connectivity index (χ1) is 2.27. The van der Waals surface area contributed by atoms with Gasteiger partial charge in [0.15, 0.2) is 0 Å². The molecule has 0 N–H and O–H groups in total. The summed E-state index contributed by atoms with van der Waals surface area (Å²) in [7, 11) is 0.935. The molecular weight excluding hydrogens is 119 g/mol. The first-order valence-corrected chi connectivity index (χ1v) is 5.40. The summed E-state index contributed by atoms with van der Waals surface area (Å²) in [5.74, 6) is 4.35. The average molecular weight is 136 g/mol. The lowest BCUT2D eigenvalue weighted by Crippen LogP contribution is -2.02. The number of hydrogen-bond acceptors (Lipinski definition) is 1. The second kappa shape index (κ2) is 9.86. The Morgan fingerprint density at radius 3 is 1.43 bits per heavy atom. The van der Waals surface area contributed by atoms with E-state index in [1.54, 1.807) is 0 Å². The van der Waals surface area contributed by atoms with Gasteiger partial charge in [-0.25, -0.2) is 0 Å². The highest BCUT2D eigenvalue weighted by molar-refractivity contribution is 6.52. The summed E-state index contributed by atoms with van der Waals surface area (Å²) in [6.07, 6.45) is 0. The molecule has 0 saturated heterocycles. The predicted molar refractivity (Wildman–Crippen MR) is 42.0 cm³/mol. The van der Waals surface area contributed by atoms with Crippen molar-refractivity contribution in [2.75, 3.05) is 0 Å². The Morgan fingerprint density at radius 2 is 1.43 bits per heavy atom. The molecular formula is C4H17AlOSi. The van der Waals surface area contributed by atoms with Crippen LogP contribution in [0.5, 0.6) is 0 Å². The molecule has 0 bridgehead atoms. The van der Waals surface area contributed by atoms with Crippen LogP contribution in [0.3, 0.4) is 0 Å². The standard InChI is InChI=1S/2CH4.2CH3.Al.H3OSi/c;;;;;1-2/h2*1H4;2*1H3;;2H3/q;;;;+1;-1. The van der Waals surface area contributed by atoms with Gasteiger partial charge in [0, 0.05) is 0 Å². The molecule has 0 atom stereocenters. The molecule has 0 spiro atoms. The Morgan fingerprint density at radius 1 is 1.29 bits per heavy atom. The van der Waals surface area contributed by atoms with E-state index in [-0.39, 0.29) is 14.9 Å². The maximum atomic E-state index is 5.03. The monoisotopic (exact) mass is 136 g/mol. The van der Waals surface area contributed by atoms with Crippen LogP contribution in [0.4, 0.5) is 0 Å². The van der Waals surface area contributed by atoms with Gasteiger partial charge < -0.3 is 3.48 Å². The summed E-state index contributed by atoms with van der Waals surface area (Å²) in [6.45, 7) is 0. The van der Waals surface area contributed by atoms with Gasteiger partial charge in [-0.15, -0.1) is 0 Å². The van der Waals surface area contributed by atoms with Crippen molar-refractivity contribution in [1.29, 1.82) is 0 Å². The largest absolute Gasteiger partial charge is 0.552 e. The Kier molecular flexibility index (Phi) is 22.0. The molecule has 0 rings (SSSR count). The van der Waals surface area contributed by atoms with E-state index >= 15 is 0 Å². The second-order valence-corrected chi connectivity index (χ2v) is 5.27. The lowest BCUT2D eigenvalue weighted by Gasteiger charge is -1.88. The minimum atomic E-state index is -0.588. The molecule has 0 heterocycles. The fourth-order valence-corrected chi connectivity index (χ4v) is 0. The number of rotatable bonds is 1. The van der Waals surface area contributed by atoms with Crippen LogP contribution in [0.15, 0.2) is 0 Å². The van der Waals surface area contributed by atoms with Crippen LogP contribution < -0.4 is 0 Å². The van der Waals surface area contributed by atoms with Gasteiger partial charge in [-0.2, -0.15) is 0 Å². The first-order valence-electron chi connectivity index (χ1n) is 1.80. The van der Waals surface area contributed by atoms with Crippen molar-refractivity contribution < 1.29 is 3.48 Å². The minimum Gasteiger partial charge on any atom is -0.552 e. The van der Waals surface area contributed by atoms with Crippen molar-refractivity contribution in [1.82, 2.24) is 0 Å². The van der Waals surface area contributed by atoms with Crippen LogP contribution in [-0.2, 0) is 3.48 Å². The Hall–Kier alpha value is 0.709. The van der Waals surface area contributed by atoms with Crippen molar-refractivity contribution in [3.63, 3.8) is 0 Å². The quantitative estimate of drug-likeness (QED) is 0.485. The highest BCUT2D eigenvalue weighted by Gasteiger charge is 1.94. The highest BCUT2D eigenvalue weighted by Crippen LogP contribution is 1.72. The van der Waals surface area contributed by atoms with Crippen molar-refractivity contribution in [3.05, 3.63) is 0 Å². The maximum Gasteiger partial charge on any atom is 0.442 e. The zero-order chi connectivity index (χ0) is 4.28.